The molecule has 0 spiro atoms. The SMILES string of the molecule is O=C(OCc1cc(=O)n2nc(-c3cccs3)sc2n1)C1CCCCC1. The van der Waals surface area contributed by atoms with Crippen molar-refractivity contribution < 1.29 is 9.53 Å². The molecule has 25 heavy (non-hydrogen) atoms. The fourth-order valence-corrected chi connectivity index (χ4v) is 4.75. The Morgan fingerprint density at radius 3 is 2.92 bits per heavy atom. The Hall–Kier alpha value is -2.06. The lowest BCUT2D eigenvalue weighted by molar-refractivity contribution is -0.151. The second-order valence-electron chi connectivity index (χ2n) is 6.11. The van der Waals surface area contributed by atoms with E-state index in [2.05, 4.69) is 10.1 Å². The summed E-state index contributed by atoms with van der Waals surface area (Å²) in [4.78, 5) is 30.3. The van der Waals surface area contributed by atoms with Gasteiger partial charge in [-0.1, -0.05) is 36.7 Å². The molecule has 3 aromatic rings. The molecule has 1 aliphatic rings. The van der Waals surface area contributed by atoms with Gasteiger partial charge in [-0.2, -0.15) is 9.61 Å². The van der Waals surface area contributed by atoms with Crippen LogP contribution in [0.2, 0.25) is 0 Å². The molecule has 3 heterocycles. The first-order chi connectivity index (χ1) is 12.2. The van der Waals surface area contributed by atoms with Gasteiger partial charge in [0, 0.05) is 6.07 Å². The summed E-state index contributed by atoms with van der Waals surface area (Å²) in [5, 5.41) is 7.05. The lowest BCUT2D eigenvalue weighted by Crippen LogP contribution is -2.21. The number of fused-ring (bicyclic) bond motifs is 1. The van der Waals surface area contributed by atoms with E-state index >= 15 is 0 Å². The Labute approximate surface area is 152 Å². The molecule has 1 saturated carbocycles. The van der Waals surface area contributed by atoms with Crippen molar-refractivity contribution in [1.29, 1.82) is 0 Å². The molecule has 0 bridgehead atoms. The zero-order valence-electron chi connectivity index (χ0n) is 13.5. The molecular formula is C17H17N3O3S2. The highest BCUT2D eigenvalue weighted by Gasteiger charge is 2.22. The first-order valence-electron chi connectivity index (χ1n) is 8.31. The highest BCUT2D eigenvalue weighted by atomic mass is 32.1. The molecule has 0 aromatic carbocycles. The van der Waals surface area contributed by atoms with Crippen LogP contribution in [0, 0.1) is 5.92 Å². The van der Waals surface area contributed by atoms with E-state index in [4.69, 9.17) is 4.74 Å². The summed E-state index contributed by atoms with van der Waals surface area (Å²) in [6, 6.07) is 5.29. The normalized spacial score (nSPS) is 15.5. The van der Waals surface area contributed by atoms with Crippen molar-refractivity contribution in [3.8, 4) is 9.88 Å². The van der Waals surface area contributed by atoms with Gasteiger partial charge in [0.2, 0.25) is 4.96 Å². The number of thiophene rings is 1. The molecule has 1 aliphatic carbocycles. The number of carbonyl (C=O) groups excluding carboxylic acids is 1. The van der Waals surface area contributed by atoms with Crippen molar-refractivity contribution in [2.45, 2.75) is 38.7 Å². The van der Waals surface area contributed by atoms with Gasteiger partial charge in [-0.25, -0.2) is 4.98 Å². The van der Waals surface area contributed by atoms with E-state index in [-0.39, 0.29) is 24.1 Å². The van der Waals surface area contributed by atoms with E-state index in [9.17, 15) is 9.59 Å². The van der Waals surface area contributed by atoms with Gasteiger partial charge < -0.3 is 4.74 Å². The topological polar surface area (TPSA) is 73.6 Å². The predicted molar refractivity (Wildman–Crippen MR) is 96.8 cm³/mol. The summed E-state index contributed by atoms with van der Waals surface area (Å²) in [6.07, 6.45) is 5.14. The van der Waals surface area contributed by atoms with Crippen LogP contribution < -0.4 is 5.56 Å². The molecule has 0 N–H and O–H groups in total. The van der Waals surface area contributed by atoms with Gasteiger partial charge in [-0.15, -0.1) is 11.3 Å². The van der Waals surface area contributed by atoms with E-state index in [1.165, 1.54) is 28.3 Å². The van der Waals surface area contributed by atoms with E-state index in [1.54, 1.807) is 11.3 Å². The quantitative estimate of drug-likeness (QED) is 0.653. The second-order valence-corrected chi connectivity index (χ2v) is 8.01. The Morgan fingerprint density at radius 2 is 2.16 bits per heavy atom. The van der Waals surface area contributed by atoms with Crippen LogP contribution in [0.25, 0.3) is 14.8 Å². The average Bonchev–Trinajstić information content (AvgIpc) is 3.30. The van der Waals surface area contributed by atoms with Gasteiger partial charge in [-0.05, 0) is 24.3 Å². The van der Waals surface area contributed by atoms with Crippen LogP contribution in [0.5, 0.6) is 0 Å². The van der Waals surface area contributed by atoms with Gasteiger partial charge in [0.15, 0.2) is 5.01 Å². The summed E-state index contributed by atoms with van der Waals surface area (Å²) in [7, 11) is 0. The Bertz CT molecular complexity index is 940. The number of esters is 1. The van der Waals surface area contributed by atoms with Crippen molar-refractivity contribution in [3.05, 3.63) is 39.6 Å². The first kappa shape index (κ1) is 16.4. The molecule has 4 rings (SSSR count). The number of ether oxygens (including phenoxy) is 1. The first-order valence-corrected chi connectivity index (χ1v) is 10.0. The van der Waals surface area contributed by atoms with Crippen molar-refractivity contribution in [2.75, 3.05) is 0 Å². The molecular weight excluding hydrogens is 358 g/mol. The number of rotatable bonds is 4. The second kappa shape index (κ2) is 7.05. The minimum absolute atomic E-state index is 0.00702. The minimum atomic E-state index is -0.257. The van der Waals surface area contributed by atoms with Crippen molar-refractivity contribution >= 4 is 33.6 Å². The summed E-state index contributed by atoms with van der Waals surface area (Å²) < 4.78 is 6.69. The molecule has 8 heteroatoms. The number of aromatic nitrogens is 3. The van der Waals surface area contributed by atoms with Crippen LogP contribution in [0.1, 0.15) is 37.8 Å². The molecule has 3 aromatic heterocycles. The van der Waals surface area contributed by atoms with Crippen LogP contribution in [-0.2, 0) is 16.1 Å². The van der Waals surface area contributed by atoms with E-state index < -0.39 is 0 Å². The van der Waals surface area contributed by atoms with Gasteiger partial charge >= 0.3 is 5.97 Å². The number of nitrogens with zero attached hydrogens (tertiary/aromatic N) is 3. The minimum Gasteiger partial charge on any atom is -0.459 e. The summed E-state index contributed by atoms with van der Waals surface area (Å²) in [5.41, 5.74) is 0.211. The molecule has 0 amide bonds. The van der Waals surface area contributed by atoms with Gasteiger partial charge in [0.05, 0.1) is 16.5 Å². The molecule has 0 atom stereocenters. The lowest BCUT2D eigenvalue weighted by atomic mass is 9.89. The molecule has 0 saturated heterocycles. The van der Waals surface area contributed by atoms with Crippen molar-refractivity contribution in [2.24, 2.45) is 5.92 Å². The molecule has 0 radical (unpaired) electrons. The maximum atomic E-state index is 12.3. The fourth-order valence-electron chi connectivity index (χ4n) is 3.03. The van der Waals surface area contributed by atoms with Crippen molar-refractivity contribution in [3.63, 3.8) is 0 Å². The van der Waals surface area contributed by atoms with E-state index in [0.29, 0.717) is 10.7 Å². The third-order valence-electron chi connectivity index (χ3n) is 4.33. The standard InChI is InChI=1S/C17H17N3O3S2/c21-14-9-12(10-23-16(22)11-5-2-1-3-6-11)18-17-20(14)19-15(25-17)13-7-4-8-24-13/h4,7-9,11H,1-3,5-6,10H2. The maximum absolute atomic E-state index is 12.3. The Balaban J connectivity index is 1.52. The van der Waals surface area contributed by atoms with E-state index in [1.807, 2.05) is 17.5 Å². The number of hydrogen-bond donors (Lipinski definition) is 0. The average molecular weight is 375 g/mol. The lowest BCUT2D eigenvalue weighted by Gasteiger charge is -2.19. The molecule has 6 nitrogen and oxygen atoms in total. The third-order valence-corrected chi connectivity index (χ3v) is 6.28. The molecule has 1 fully saturated rings. The highest BCUT2D eigenvalue weighted by Crippen LogP contribution is 2.28. The van der Waals surface area contributed by atoms with E-state index in [0.717, 1.165) is 35.6 Å². The van der Waals surface area contributed by atoms with Crippen LogP contribution in [0.15, 0.2) is 28.4 Å². The third kappa shape index (κ3) is 3.50. The number of hydrogen-bond acceptors (Lipinski definition) is 7. The Kier molecular flexibility index (Phi) is 4.63. The number of carbonyl (C=O) groups is 1. The fraction of sp³-hybridized carbons (Fsp3) is 0.412. The summed E-state index contributed by atoms with van der Waals surface area (Å²) >= 11 is 2.92. The van der Waals surface area contributed by atoms with Crippen LogP contribution in [0.3, 0.4) is 0 Å². The molecule has 0 aliphatic heterocycles. The largest absolute Gasteiger partial charge is 0.459 e. The van der Waals surface area contributed by atoms with Gasteiger partial charge in [0.1, 0.15) is 6.61 Å². The Morgan fingerprint density at radius 1 is 1.32 bits per heavy atom. The van der Waals surface area contributed by atoms with Crippen LogP contribution in [0.4, 0.5) is 0 Å². The van der Waals surface area contributed by atoms with Crippen molar-refractivity contribution in [1.82, 2.24) is 14.6 Å². The zero-order chi connectivity index (χ0) is 17.2. The summed E-state index contributed by atoms with van der Waals surface area (Å²) in [5.74, 6) is -0.183. The maximum Gasteiger partial charge on any atom is 0.309 e. The van der Waals surface area contributed by atoms with Gasteiger partial charge in [-0.3, -0.25) is 9.59 Å². The van der Waals surface area contributed by atoms with Crippen LogP contribution >= 0.6 is 22.7 Å². The smallest absolute Gasteiger partial charge is 0.309 e. The molecule has 130 valence electrons. The van der Waals surface area contributed by atoms with Gasteiger partial charge in [0.25, 0.3) is 5.56 Å². The van der Waals surface area contributed by atoms with Crippen LogP contribution in [-0.4, -0.2) is 20.6 Å². The predicted octanol–water partition coefficient (Wildman–Crippen LogP) is 3.50. The highest BCUT2D eigenvalue weighted by molar-refractivity contribution is 7.23. The summed E-state index contributed by atoms with van der Waals surface area (Å²) in [6.45, 7) is 0.0350. The zero-order valence-corrected chi connectivity index (χ0v) is 15.1. The molecule has 0 unspecified atom stereocenters. The monoisotopic (exact) mass is 375 g/mol.